The number of methoxy groups -OCH3 is 1. The predicted octanol–water partition coefficient (Wildman–Crippen LogP) is 0.185. The van der Waals surface area contributed by atoms with E-state index >= 15 is 0 Å². The molecule has 0 saturated carbocycles. The minimum atomic E-state index is -0.491. The van der Waals surface area contributed by atoms with Crippen molar-refractivity contribution in [2.45, 2.75) is 13.5 Å². The molecule has 2 aromatic carbocycles. The molecule has 0 radical (unpaired) electrons. The van der Waals surface area contributed by atoms with Crippen LogP contribution in [-0.4, -0.2) is 56.7 Å². The molecule has 2 heterocycles. The summed E-state index contributed by atoms with van der Waals surface area (Å²) in [5.41, 5.74) is 4.01. The van der Waals surface area contributed by atoms with Crippen LogP contribution >= 0.6 is 0 Å². The summed E-state index contributed by atoms with van der Waals surface area (Å²) in [5, 5.41) is 3.78. The zero-order chi connectivity index (χ0) is 21.8. The molecule has 1 aliphatic heterocycles. The van der Waals surface area contributed by atoms with E-state index in [1.54, 1.807) is 4.90 Å². The molecule has 0 spiro atoms. The Morgan fingerprint density at radius 1 is 1.03 bits per heavy atom. The highest BCUT2D eigenvalue weighted by Gasteiger charge is 2.26. The summed E-state index contributed by atoms with van der Waals surface area (Å²) >= 11 is 0. The Morgan fingerprint density at radius 3 is 2.45 bits per heavy atom. The second-order valence-electron chi connectivity index (χ2n) is 8.30. The standard InChI is InChI=1S/C24H28N4O3/c1-17-8-9-19-20(14-17)25-23(24(30)31-2)22(19)26-21(29)16-28-12-10-27(11-13-28)15-18-6-4-3-5-7-18/h3-9,14,25H,10-13,15-16H2,1-2H3,(H,26,29)/p+2. The third kappa shape index (κ3) is 4.95. The number of hydrogen-bond donors (Lipinski definition) is 4. The Kier molecular flexibility index (Phi) is 6.34. The number of H-pyrrole nitrogens is 1. The van der Waals surface area contributed by atoms with Crippen LogP contribution in [0.25, 0.3) is 10.9 Å². The SMILES string of the molecule is COC(=O)c1[nH]c2cc(C)ccc2c1NC(=O)C[NH+]1CC[NH+](Cc2ccccc2)CC1. The van der Waals surface area contributed by atoms with Crippen molar-refractivity contribution in [2.24, 2.45) is 0 Å². The maximum atomic E-state index is 12.8. The minimum absolute atomic E-state index is 0.0897. The number of anilines is 1. The topological polar surface area (TPSA) is 80.1 Å². The fourth-order valence-electron chi connectivity index (χ4n) is 4.30. The number of piperazine rings is 1. The van der Waals surface area contributed by atoms with E-state index < -0.39 is 5.97 Å². The number of aromatic nitrogens is 1. The van der Waals surface area contributed by atoms with Crippen LogP contribution in [0.15, 0.2) is 48.5 Å². The molecular formula is C24H30N4O3+2. The molecule has 1 amide bonds. The lowest BCUT2D eigenvalue weighted by Gasteiger charge is -2.29. The van der Waals surface area contributed by atoms with Crippen molar-refractivity contribution in [3.8, 4) is 0 Å². The second-order valence-corrected chi connectivity index (χ2v) is 8.30. The molecule has 0 atom stereocenters. The first-order valence-corrected chi connectivity index (χ1v) is 10.7. The van der Waals surface area contributed by atoms with Crippen LogP contribution in [0.1, 0.15) is 21.6 Å². The first-order valence-electron chi connectivity index (χ1n) is 10.7. The molecule has 1 saturated heterocycles. The molecule has 3 aromatic rings. The molecular weight excluding hydrogens is 392 g/mol. The van der Waals surface area contributed by atoms with Gasteiger partial charge in [0.2, 0.25) is 0 Å². The molecule has 4 rings (SSSR count). The maximum Gasteiger partial charge on any atom is 0.356 e. The Hall–Kier alpha value is -3.16. The maximum absolute atomic E-state index is 12.8. The summed E-state index contributed by atoms with van der Waals surface area (Å²) < 4.78 is 4.90. The average Bonchev–Trinajstić information content (AvgIpc) is 3.12. The van der Waals surface area contributed by atoms with Crippen molar-refractivity contribution in [3.63, 3.8) is 0 Å². The van der Waals surface area contributed by atoms with Crippen LogP contribution < -0.4 is 15.1 Å². The number of aryl methyl sites for hydroxylation is 1. The van der Waals surface area contributed by atoms with Gasteiger partial charge in [0, 0.05) is 16.5 Å². The van der Waals surface area contributed by atoms with E-state index in [9.17, 15) is 9.59 Å². The molecule has 162 valence electrons. The third-order valence-electron chi connectivity index (χ3n) is 5.98. The number of quaternary nitrogens is 2. The van der Waals surface area contributed by atoms with Gasteiger partial charge in [-0.3, -0.25) is 4.79 Å². The van der Waals surface area contributed by atoms with Gasteiger partial charge >= 0.3 is 5.97 Å². The molecule has 0 bridgehead atoms. The number of benzene rings is 2. The number of amides is 1. The van der Waals surface area contributed by atoms with Crippen molar-refractivity contribution < 1.29 is 24.1 Å². The monoisotopic (exact) mass is 422 g/mol. The van der Waals surface area contributed by atoms with E-state index in [-0.39, 0.29) is 11.6 Å². The highest BCUT2D eigenvalue weighted by Crippen LogP contribution is 2.29. The van der Waals surface area contributed by atoms with Gasteiger partial charge in [0.1, 0.15) is 38.4 Å². The highest BCUT2D eigenvalue weighted by atomic mass is 16.5. The fourth-order valence-corrected chi connectivity index (χ4v) is 4.30. The average molecular weight is 423 g/mol. The molecule has 31 heavy (non-hydrogen) atoms. The third-order valence-corrected chi connectivity index (χ3v) is 5.98. The van der Waals surface area contributed by atoms with E-state index in [2.05, 4.69) is 34.6 Å². The molecule has 0 aliphatic carbocycles. The van der Waals surface area contributed by atoms with Gasteiger partial charge < -0.3 is 24.8 Å². The van der Waals surface area contributed by atoms with Gasteiger partial charge in [-0.15, -0.1) is 0 Å². The van der Waals surface area contributed by atoms with Gasteiger partial charge in [-0.2, -0.15) is 0 Å². The van der Waals surface area contributed by atoms with E-state index in [0.29, 0.717) is 12.2 Å². The number of hydrogen-bond acceptors (Lipinski definition) is 3. The van der Waals surface area contributed by atoms with E-state index in [4.69, 9.17) is 4.74 Å². The second kappa shape index (κ2) is 9.32. The van der Waals surface area contributed by atoms with Gasteiger partial charge in [-0.25, -0.2) is 4.79 Å². The van der Waals surface area contributed by atoms with E-state index in [0.717, 1.165) is 49.2 Å². The highest BCUT2D eigenvalue weighted by molar-refractivity contribution is 6.11. The Labute approximate surface area is 182 Å². The van der Waals surface area contributed by atoms with E-state index in [1.165, 1.54) is 17.6 Å². The largest absolute Gasteiger partial charge is 0.464 e. The van der Waals surface area contributed by atoms with E-state index in [1.807, 2.05) is 31.2 Å². The molecule has 1 aromatic heterocycles. The van der Waals surface area contributed by atoms with Crippen LogP contribution in [0.3, 0.4) is 0 Å². The van der Waals surface area contributed by atoms with Crippen molar-refractivity contribution in [1.29, 1.82) is 0 Å². The quantitative estimate of drug-likeness (QED) is 0.428. The smallest absolute Gasteiger partial charge is 0.356 e. The van der Waals surface area contributed by atoms with Gasteiger partial charge in [0.25, 0.3) is 5.91 Å². The number of rotatable bonds is 6. The number of aromatic amines is 1. The zero-order valence-corrected chi connectivity index (χ0v) is 18.1. The normalized spacial score (nSPS) is 18.6. The van der Waals surface area contributed by atoms with Crippen molar-refractivity contribution in [1.82, 2.24) is 4.98 Å². The number of fused-ring (bicyclic) bond motifs is 1. The van der Waals surface area contributed by atoms with Gasteiger partial charge in [-0.05, 0) is 18.6 Å². The van der Waals surface area contributed by atoms with Crippen LogP contribution in [-0.2, 0) is 16.1 Å². The molecule has 1 aliphatic rings. The van der Waals surface area contributed by atoms with Crippen molar-refractivity contribution in [3.05, 3.63) is 65.4 Å². The van der Waals surface area contributed by atoms with Crippen LogP contribution in [0.5, 0.6) is 0 Å². The summed E-state index contributed by atoms with van der Waals surface area (Å²) in [5.74, 6) is -0.581. The molecule has 0 unspecified atom stereocenters. The number of esters is 1. The number of ether oxygens (including phenoxy) is 1. The summed E-state index contributed by atoms with van der Waals surface area (Å²) in [6.45, 7) is 7.38. The number of nitrogens with one attached hydrogen (secondary N) is 4. The van der Waals surface area contributed by atoms with Crippen LogP contribution in [0.4, 0.5) is 5.69 Å². The fraction of sp³-hybridized carbons (Fsp3) is 0.333. The summed E-state index contributed by atoms with van der Waals surface area (Å²) in [6, 6.07) is 16.4. The lowest BCUT2D eigenvalue weighted by molar-refractivity contribution is -1.02. The lowest BCUT2D eigenvalue weighted by atomic mass is 10.1. The van der Waals surface area contributed by atoms with Crippen LogP contribution in [0.2, 0.25) is 0 Å². The predicted molar refractivity (Wildman–Crippen MR) is 119 cm³/mol. The first-order chi connectivity index (χ1) is 15.0. The van der Waals surface area contributed by atoms with Gasteiger partial charge in [0.15, 0.2) is 6.54 Å². The Morgan fingerprint density at radius 2 is 1.74 bits per heavy atom. The molecule has 7 nitrogen and oxygen atoms in total. The molecule has 1 fully saturated rings. The first kappa shape index (κ1) is 21.1. The Bertz CT molecular complexity index is 1070. The number of carbonyl (C=O) groups is 2. The van der Waals surface area contributed by atoms with Gasteiger partial charge in [0.05, 0.1) is 12.8 Å². The van der Waals surface area contributed by atoms with Gasteiger partial charge in [-0.1, -0.05) is 42.5 Å². The summed E-state index contributed by atoms with van der Waals surface area (Å²) in [7, 11) is 1.34. The molecule has 4 N–H and O–H groups in total. The molecule has 7 heteroatoms. The zero-order valence-electron chi connectivity index (χ0n) is 18.1. The lowest BCUT2D eigenvalue weighted by Crippen LogP contribution is -3.28. The van der Waals surface area contributed by atoms with Crippen molar-refractivity contribution >= 4 is 28.5 Å². The Balaban J connectivity index is 1.38. The number of carbonyl (C=O) groups excluding carboxylic acids is 2. The van der Waals surface area contributed by atoms with Crippen LogP contribution in [0, 0.1) is 6.92 Å². The summed E-state index contributed by atoms with van der Waals surface area (Å²) in [6.07, 6.45) is 0. The minimum Gasteiger partial charge on any atom is -0.464 e. The van der Waals surface area contributed by atoms with Crippen molar-refractivity contribution in [2.75, 3.05) is 45.2 Å². The summed E-state index contributed by atoms with van der Waals surface area (Å²) in [4.78, 5) is 31.0.